The Morgan fingerprint density at radius 1 is 1.10 bits per heavy atom. The molecule has 8 nitrogen and oxygen atoms in total. The molecule has 4 rings (SSSR count). The van der Waals surface area contributed by atoms with E-state index in [-0.39, 0.29) is 18.0 Å². The largest absolute Gasteiger partial charge is 0.378 e. The number of rotatable bonds is 6. The molecule has 0 spiro atoms. The van der Waals surface area contributed by atoms with Crippen molar-refractivity contribution in [1.29, 1.82) is 0 Å². The van der Waals surface area contributed by atoms with Crippen molar-refractivity contribution >= 4 is 28.4 Å². The number of fused-ring (bicyclic) bond motifs is 1. The van der Waals surface area contributed by atoms with Crippen LogP contribution in [-0.4, -0.2) is 46.3 Å². The smallest absolute Gasteiger partial charge is 0.329 e. The molecular formula is C21H25N5O3. The quantitative estimate of drug-likeness (QED) is 0.691. The van der Waals surface area contributed by atoms with E-state index in [0.29, 0.717) is 32.0 Å². The number of morpholine rings is 1. The van der Waals surface area contributed by atoms with Gasteiger partial charge in [-0.3, -0.25) is 13.9 Å². The van der Waals surface area contributed by atoms with Crippen molar-refractivity contribution in [1.82, 2.24) is 14.1 Å². The average Bonchev–Trinajstić information content (AvgIpc) is 3.03. The molecule has 29 heavy (non-hydrogen) atoms. The lowest BCUT2D eigenvalue weighted by molar-refractivity contribution is -0.116. The first-order chi connectivity index (χ1) is 14.2. The van der Waals surface area contributed by atoms with E-state index in [0.717, 1.165) is 29.9 Å². The first-order valence-electron chi connectivity index (χ1n) is 9.94. The van der Waals surface area contributed by atoms with Crippen LogP contribution in [0.5, 0.6) is 0 Å². The molecule has 1 N–H and O–H groups in total. The number of benzene rings is 1. The van der Waals surface area contributed by atoms with E-state index in [1.165, 1.54) is 0 Å². The van der Waals surface area contributed by atoms with Gasteiger partial charge in [0.2, 0.25) is 5.91 Å². The van der Waals surface area contributed by atoms with Crippen LogP contribution in [0.2, 0.25) is 0 Å². The highest BCUT2D eigenvalue weighted by Gasteiger charge is 2.18. The first-order valence-corrected chi connectivity index (χ1v) is 9.94. The van der Waals surface area contributed by atoms with E-state index in [4.69, 9.17) is 4.74 Å². The van der Waals surface area contributed by atoms with Crippen molar-refractivity contribution in [2.45, 2.75) is 26.4 Å². The Labute approximate surface area is 168 Å². The summed E-state index contributed by atoms with van der Waals surface area (Å²) in [5.74, 6) is 0.608. The van der Waals surface area contributed by atoms with Crippen molar-refractivity contribution < 1.29 is 9.53 Å². The molecule has 0 unspecified atom stereocenters. The fourth-order valence-electron chi connectivity index (χ4n) is 3.74. The van der Waals surface area contributed by atoms with Crippen molar-refractivity contribution in [3.05, 3.63) is 53.1 Å². The highest BCUT2D eigenvalue weighted by Crippen LogP contribution is 2.23. The van der Waals surface area contributed by atoms with Crippen LogP contribution >= 0.6 is 0 Å². The number of para-hydroxylation sites is 2. The van der Waals surface area contributed by atoms with E-state index in [2.05, 4.69) is 15.2 Å². The summed E-state index contributed by atoms with van der Waals surface area (Å²) in [6.07, 6.45) is 1.93. The van der Waals surface area contributed by atoms with Gasteiger partial charge in [-0.05, 0) is 31.2 Å². The SMILES string of the molecule is CCn1c(=O)n(CCC(=O)Nc2cccnc2N2CCOCC2)c2ccccc21. The van der Waals surface area contributed by atoms with Gasteiger partial charge in [-0.2, -0.15) is 0 Å². The average molecular weight is 395 g/mol. The predicted octanol–water partition coefficient (Wildman–Crippen LogP) is 2.08. The monoisotopic (exact) mass is 395 g/mol. The van der Waals surface area contributed by atoms with E-state index in [1.54, 1.807) is 21.4 Å². The summed E-state index contributed by atoms with van der Waals surface area (Å²) < 4.78 is 8.79. The minimum Gasteiger partial charge on any atom is -0.378 e. The summed E-state index contributed by atoms with van der Waals surface area (Å²) in [4.78, 5) is 31.9. The maximum atomic E-state index is 12.7. The second kappa shape index (κ2) is 8.48. The first kappa shape index (κ1) is 19.2. The Hall–Kier alpha value is -3.13. The highest BCUT2D eigenvalue weighted by atomic mass is 16.5. The summed E-state index contributed by atoms with van der Waals surface area (Å²) in [5, 5.41) is 2.96. The zero-order chi connectivity index (χ0) is 20.2. The third-order valence-electron chi connectivity index (χ3n) is 5.18. The van der Waals surface area contributed by atoms with Crippen LogP contribution in [0, 0.1) is 0 Å². The molecule has 152 valence electrons. The minimum atomic E-state index is -0.146. The third kappa shape index (κ3) is 3.88. The van der Waals surface area contributed by atoms with Gasteiger partial charge in [0.1, 0.15) is 0 Å². The molecule has 0 aliphatic carbocycles. The molecule has 1 aliphatic heterocycles. The number of carbonyl (C=O) groups excluding carboxylic acids is 1. The Bertz CT molecular complexity index is 1070. The van der Waals surface area contributed by atoms with Crippen LogP contribution in [0.4, 0.5) is 11.5 Å². The van der Waals surface area contributed by atoms with Gasteiger partial charge in [0, 0.05) is 38.8 Å². The molecule has 1 fully saturated rings. The Balaban J connectivity index is 1.49. The summed E-state index contributed by atoms with van der Waals surface area (Å²) in [7, 11) is 0. The molecule has 3 aromatic rings. The van der Waals surface area contributed by atoms with Crippen LogP contribution in [0.3, 0.4) is 0 Å². The van der Waals surface area contributed by atoms with E-state index in [1.807, 2.05) is 37.3 Å². The van der Waals surface area contributed by atoms with Crippen LogP contribution in [-0.2, 0) is 22.6 Å². The van der Waals surface area contributed by atoms with Gasteiger partial charge in [0.15, 0.2) is 5.82 Å². The molecule has 1 saturated heterocycles. The van der Waals surface area contributed by atoms with Gasteiger partial charge in [0.05, 0.1) is 29.9 Å². The van der Waals surface area contributed by atoms with Crippen LogP contribution < -0.4 is 15.9 Å². The summed E-state index contributed by atoms with van der Waals surface area (Å²) >= 11 is 0. The minimum absolute atomic E-state index is 0.0862. The van der Waals surface area contributed by atoms with Crippen LogP contribution in [0.1, 0.15) is 13.3 Å². The maximum absolute atomic E-state index is 12.7. The fraction of sp³-hybridized carbons (Fsp3) is 0.381. The van der Waals surface area contributed by atoms with Crippen molar-refractivity contribution in [3.63, 3.8) is 0 Å². The van der Waals surface area contributed by atoms with Gasteiger partial charge in [-0.25, -0.2) is 9.78 Å². The number of hydrogen-bond donors (Lipinski definition) is 1. The molecule has 2 aromatic heterocycles. The third-order valence-corrected chi connectivity index (χ3v) is 5.18. The zero-order valence-electron chi connectivity index (χ0n) is 16.5. The van der Waals surface area contributed by atoms with Gasteiger partial charge >= 0.3 is 5.69 Å². The van der Waals surface area contributed by atoms with E-state index >= 15 is 0 Å². The standard InChI is InChI=1S/C21H25N5O3/c1-2-25-17-7-3-4-8-18(17)26(21(25)28)11-9-19(27)23-16-6-5-10-22-20(16)24-12-14-29-15-13-24/h3-8,10H,2,9,11-15H2,1H3,(H,23,27). The Morgan fingerprint density at radius 3 is 2.55 bits per heavy atom. The van der Waals surface area contributed by atoms with Crippen molar-refractivity contribution in [2.75, 3.05) is 36.5 Å². The molecule has 1 amide bonds. The Kier molecular flexibility index (Phi) is 5.62. The molecule has 1 aliphatic rings. The van der Waals surface area contributed by atoms with E-state index < -0.39 is 0 Å². The second-order valence-electron chi connectivity index (χ2n) is 6.94. The number of pyridine rings is 1. The predicted molar refractivity (Wildman–Crippen MR) is 112 cm³/mol. The fourth-order valence-corrected chi connectivity index (χ4v) is 3.74. The summed E-state index contributed by atoms with van der Waals surface area (Å²) in [6.45, 7) is 5.64. The molecule has 8 heteroatoms. The molecule has 1 aromatic carbocycles. The molecule has 3 heterocycles. The number of hydrogen-bond acceptors (Lipinski definition) is 5. The summed E-state index contributed by atoms with van der Waals surface area (Å²) in [5.41, 5.74) is 2.34. The van der Waals surface area contributed by atoms with Crippen molar-refractivity contribution in [3.8, 4) is 0 Å². The molecular weight excluding hydrogens is 370 g/mol. The molecule has 0 atom stereocenters. The number of ether oxygens (including phenoxy) is 1. The number of anilines is 2. The van der Waals surface area contributed by atoms with Gasteiger partial charge in [-0.1, -0.05) is 12.1 Å². The van der Waals surface area contributed by atoms with Gasteiger partial charge < -0.3 is 15.0 Å². The second-order valence-corrected chi connectivity index (χ2v) is 6.94. The number of amides is 1. The van der Waals surface area contributed by atoms with Gasteiger partial charge in [-0.15, -0.1) is 0 Å². The van der Waals surface area contributed by atoms with Crippen LogP contribution in [0.15, 0.2) is 47.4 Å². The highest BCUT2D eigenvalue weighted by molar-refractivity contribution is 5.93. The Morgan fingerprint density at radius 2 is 1.83 bits per heavy atom. The lowest BCUT2D eigenvalue weighted by atomic mass is 10.3. The number of nitrogens with one attached hydrogen (secondary N) is 1. The molecule has 0 radical (unpaired) electrons. The number of carbonyl (C=O) groups is 1. The topological polar surface area (TPSA) is 81.4 Å². The lowest BCUT2D eigenvalue weighted by Gasteiger charge is -2.29. The normalized spacial score (nSPS) is 14.3. The molecule has 0 saturated carbocycles. The number of aromatic nitrogens is 3. The lowest BCUT2D eigenvalue weighted by Crippen LogP contribution is -2.37. The summed E-state index contributed by atoms with van der Waals surface area (Å²) in [6, 6.07) is 11.3. The number of imidazole rings is 1. The van der Waals surface area contributed by atoms with E-state index in [9.17, 15) is 9.59 Å². The molecule has 0 bridgehead atoms. The number of nitrogens with zero attached hydrogens (tertiary/aromatic N) is 4. The zero-order valence-corrected chi connectivity index (χ0v) is 16.5. The number of aryl methyl sites for hydroxylation is 2. The van der Waals surface area contributed by atoms with Crippen molar-refractivity contribution in [2.24, 2.45) is 0 Å². The van der Waals surface area contributed by atoms with Gasteiger partial charge in [0.25, 0.3) is 0 Å². The maximum Gasteiger partial charge on any atom is 0.329 e. The van der Waals surface area contributed by atoms with Crippen LogP contribution in [0.25, 0.3) is 11.0 Å².